The van der Waals surface area contributed by atoms with Crippen molar-refractivity contribution < 1.29 is 8.83 Å². The van der Waals surface area contributed by atoms with E-state index in [1.165, 1.54) is 176 Å². The Kier molecular flexibility index (Phi) is 12.4. The highest BCUT2D eigenvalue weighted by Gasteiger charge is 2.42. The van der Waals surface area contributed by atoms with Crippen LogP contribution in [0.4, 0.5) is 0 Å². The van der Waals surface area contributed by atoms with Crippen LogP contribution in [0.5, 0.6) is 0 Å². The van der Waals surface area contributed by atoms with Crippen LogP contribution in [0.2, 0.25) is 0 Å². The van der Waals surface area contributed by atoms with Crippen molar-refractivity contribution in [3.05, 3.63) is 350 Å². The first-order valence-corrected chi connectivity index (χ1v) is 36.4. The van der Waals surface area contributed by atoms with Gasteiger partial charge in [0, 0.05) is 43.3 Å². The molecule has 2 nitrogen and oxygen atoms in total. The van der Waals surface area contributed by atoms with Crippen molar-refractivity contribution in [3.8, 4) is 100 Å². The predicted molar refractivity (Wildman–Crippen MR) is 439 cm³/mol. The first-order chi connectivity index (χ1) is 51.1. The maximum absolute atomic E-state index is 7.31. The van der Waals surface area contributed by atoms with E-state index in [4.69, 9.17) is 8.83 Å². The zero-order valence-electron chi connectivity index (χ0n) is 58.0. The molecule has 20 aromatic rings. The highest BCUT2D eigenvalue weighted by atomic mass is 16.3. The number of rotatable bonds is 7. The summed E-state index contributed by atoms with van der Waals surface area (Å²) >= 11 is 0. The van der Waals surface area contributed by atoms with Crippen molar-refractivity contribution in [2.75, 3.05) is 0 Å². The minimum absolute atomic E-state index is 0.308. The normalized spacial score (nSPS) is 13.5. The van der Waals surface area contributed by atoms with Gasteiger partial charge in [0.2, 0.25) is 0 Å². The van der Waals surface area contributed by atoms with Gasteiger partial charge in [0.05, 0.1) is 0 Å². The van der Waals surface area contributed by atoms with E-state index in [-0.39, 0.29) is 10.8 Å². The van der Waals surface area contributed by atoms with Crippen molar-refractivity contribution in [3.63, 3.8) is 0 Å². The summed E-state index contributed by atoms with van der Waals surface area (Å²) in [5.41, 5.74) is 30.2. The van der Waals surface area contributed by atoms with Crippen LogP contribution in [-0.2, 0) is 10.8 Å². The van der Waals surface area contributed by atoms with Gasteiger partial charge in [-0.25, -0.2) is 0 Å². The summed E-state index contributed by atoms with van der Waals surface area (Å²) in [6, 6.07) is 122. The van der Waals surface area contributed by atoms with E-state index in [1.54, 1.807) is 0 Å². The van der Waals surface area contributed by atoms with Crippen LogP contribution in [0.1, 0.15) is 49.9 Å². The molecule has 2 heteroatoms. The molecular formula is C102H66O2. The molecule has 0 saturated carbocycles. The maximum Gasteiger partial charge on any atom is 0.144 e. The van der Waals surface area contributed by atoms with Crippen LogP contribution in [0.3, 0.4) is 0 Å². The summed E-state index contributed by atoms with van der Waals surface area (Å²) in [5, 5.41) is 19.5. The average molecular weight is 1320 g/mol. The standard InChI is InChI=1S/C102H66O2/c1-101(2)85-56-66(59-39-43-63(44-40-59)91-73-31-15-11-27-69(73)89(61-23-7-5-8-24-61)70-28-12-16-32-74(70)91)48-52-80(85)94-95-83-54-50-68(58-88(83)104-99(95)79-36-20-19-35-78(79)97(94)101)65-47-51-77-84(55-65)98-96(100-93(77)82-37-21-22-38-87(82)103-100)81-53-49-67(57-86(81)102(98,3)4)60-41-45-64(46-42-60)92-75-33-17-13-29-71(75)90(62-25-9-6-10-26-62)72-30-14-18-34-76(72)92/h5-58H,1-4H3. The number of hydrogen-bond acceptors (Lipinski definition) is 2. The molecular weight excluding hydrogens is 1260 g/mol. The first-order valence-electron chi connectivity index (χ1n) is 36.4. The number of fused-ring (bicyclic) bond motifs is 24. The van der Waals surface area contributed by atoms with E-state index in [0.29, 0.717) is 0 Å². The zero-order valence-corrected chi connectivity index (χ0v) is 58.0. The Morgan fingerprint density at radius 2 is 0.519 bits per heavy atom. The molecule has 0 spiro atoms. The molecule has 2 aliphatic carbocycles. The fourth-order valence-electron chi connectivity index (χ4n) is 19.1. The van der Waals surface area contributed by atoms with Crippen LogP contribution in [0, 0.1) is 0 Å². The lowest BCUT2D eigenvalue weighted by Crippen LogP contribution is -2.15. The largest absolute Gasteiger partial charge is 0.455 e. The van der Waals surface area contributed by atoms with Gasteiger partial charge in [0.25, 0.3) is 0 Å². The highest BCUT2D eigenvalue weighted by Crippen LogP contribution is 2.60. The first kappa shape index (κ1) is 58.9. The third-order valence-corrected chi connectivity index (χ3v) is 23.8. The number of furan rings is 2. The van der Waals surface area contributed by atoms with Gasteiger partial charge in [-0.3, -0.25) is 0 Å². The fourth-order valence-corrected chi connectivity index (χ4v) is 19.1. The molecule has 0 saturated heterocycles. The molecule has 0 N–H and O–H groups in total. The minimum Gasteiger partial charge on any atom is -0.455 e. The summed E-state index contributed by atoms with van der Waals surface area (Å²) in [7, 11) is 0. The number of para-hydroxylation sites is 1. The predicted octanol–water partition coefficient (Wildman–Crippen LogP) is 28.7. The fraction of sp³-hybridized carbons (Fsp3) is 0.0588. The van der Waals surface area contributed by atoms with E-state index in [0.717, 1.165) is 55.0 Å². The van der Waals surface area contributed by atoms with Crippen LogP contribution in [0.25, 0.3) is 209 Å². The highest BCUT2D eigenvalue weighted by molar-refractivity contribution is 6.28. The molecule has 18 aromatic carbocycles. The number of benzene rings is 18. The quantitative estimate of drug-likeness (QED) is 0.149. The van der Waals surface area contributed by atoms with Crippen LogP contribution in [0.15, 0.2) is 336 Å². The number of hydrogen-bond donors (Lipinski definition) is 0. The monoisotopic (exact) mass is 1320 g/mol. The lowest BCUT2D eigenvalue weighted by atomic mass is 9.78. The molecule has 0 bridgehead atoms. The minimum atomic E-state index is -0.384. The van der Waals surface area contributed by atoms with Crippen molar-refractivity contribution >= 4 is 109 Å². The molecule has 486 valence electrons. The summed E-state index contributed by atoms with van der Waals surface area (Å²) in [4.78, 5) is 0. The molecule has 22 rings (SSSR count). The van der Waals surface area contributed by atoms with Gasteiger partial charge in [-0.05, 0) is 212 Å². The molecule has 2 heterocycles. The van der Waals surface area contributed by atoms with Gasteiger partial charge < -0.3 is 8.83 Å². The molecule has 104 heavy (non-hydrogen) atoms. The summed E-state index contributed by atoms with van der Waals surface area (Å²) in [5.74, 6) is 0. The van der Waals surface area contributed by atoms with Crippen molar-refractivity contribution in [2.24, 2.45) is 0 Å². The van der Waals surface area contributed by atoms with E-state index >= 15 is 0 Å². The van der Waals surface area contributed by atoms with Crippen LogP contribution >= 0.6 is 0 Å². The summed E-state index contributed by atoms with van der Waals surface area (Å²) in [6.45, 7) is 9.66. The molecule has 0 unspecified atom stereocenters. The third kappa shape index (κ3) is 8.28. The van der Waals surface area contributed by atoms with E-state index < -0.39 is 0 Å². The smallest absolute Gasteiger partial charge is 0.144 e. The van der Waals surface area contributed by atoms with Crippen molar-refractivity contribution in [1.82, 2.24) is 0 Å². The topological polar surface area (TPSA) is 26.3 Å². The molecule has 0 atom stereocenters. The van der Waals surface area contributed by atoms with Gasteiger partial charge in [0.15, 0.2) is 0 Å². The van der Waals surface area contributed by atoms with Gasteiger partial charge in [-0.1, -0.05) is 319 Å². The van der Waals surface area contributed by atoms with Gasteiger partial charge in [-0.15, -0.1) is 0 Å². The Morgan fingerprint density at radius 3 is 1.00 bits per heavy atom. The second kappa shape index (κ2) is 21.8. The van der Waals surface area contributed by atoms with E-state index in [9.17, 15) is 0 Å². The lowest BCUT2D eigenvalue weighted by Gasteiger charge is -2.24. The maximum atomic E-state index is 7.31. The molecule has 0 radical (unpaired) electrons. The molecule has 0 fully saturated rings. The second-order valence-electron chi connectivity index (χ2n) is 30.0. The molecule has 0 aliphatic heterocycles. The molecule has 0 amide bonds. The van der Waals surface area contributed by atoms with Crippen LogP contribution in [-0.4, -0.2) is 0 Å². The third-order valence-electron chi connectivity index (χ3n) is 23.8. The van der Waals surface area contributed by atoms with Gasteiger partial charge in [-0.2, -0.15) is 0 Å². The van der Waals surface area contributed by atoms with Crippen LogP contribution < -0.4 is 0 Å². The lowest BCUT2D eigenvalue weighted by molar-refractivity contribution is 0.658. The van der Waals surface area contributed by atoms with Gasteiger partial charge >= 0.3 is 0 Å². The van der Waals surface area contributed by atoms with E-state index in [1.807, 2.05) is 0 Å². The van der Waals surface area contributed by atoms with Gasteiger partial charge in [0.1, 0.15) is 22.3 Å². The second-order valence-corrected chi connectivity index (χ2v) is 30.0. The molecule has 2 aliphatic rings. The SMILES string of the molecule is CC1(C)c2cc(-c3ccc(-c4c5ccccc5c(-c5ccccc5)c5ccccc45)cc3)ccc2-c2c1c1ccccc1c1oc3cc(-c4ccc5c(c4)c4c(c6oc7ccccc7c65)-c5ccc(-c6ccc(-c7c8ccccc8c(-c8ccccc8)c8ccccc78)cc6)cc5C4(C)C)ccc3c21. The summed E-state index contributed by atoms with van der Waals surface area (Å²) < 4.78 is 14.4. The Labute approximate surface area is 602 Å². The Hall–Kier alpha value is -12.9. The Morgan fingerprint density at radius 1 is 0.192 bits per heavy atom. The summed E-state index contributed by atoms with van der Waals surface area (Å²) in [6.07, 6.45) is 0. The zero-order chi connectivity index (χ0) is 68.8. The molecule has 2 aromatic heterocycles. The van der Waals surface area contributed by atoms with Crippen molar-refractivity contribution in [1.29, 1.82) is 0 Å². The Balaban J connectivity index is 0.640. The Bertz CT molecular complexity index is 6990. The van der Waals surface area contributed by atoms with E-state index in [2.05, 4.69) is 355 Å². The average Bonchev–Trinajstić information content (AvgIpc) is 1.55. The van der Waals surface area contributed by atoms with Crippen molar-refractivity contribution in [2.45, 2.75) is 38.5 Å².